The van der Waals surface area contributed by atoms with E-state index in [2.05, 4.69) is 57.1 Å². The molecule has 0 atom stereocenters. The summed E-state index contributed by atoms with van der Waals surface area (Å²) in [7, 11) is 0. The Balaban J connectivity index is 0.000000195. The molecule has 0 unspecified atom stereocenters. The number of nitrogens with zero attached hydrogens (tertiary/aromatic N) is 1. The van der Waals surface area contributed by atoms with Crippen molar-refractivity contribution < 1.29 is 0 Å². The van der Waals surface area contributed by atoms with E-state index < -0.39 is 0 Å². The zero-order valence-electron chi connectivity index (χ0n) is 18.8. The maximum atomic E-state index is 3.37. The van der Waals surface area contributed by atoms with Gasteiger partial charge in [-0.1, -0.05) is 53.4 Å². The lowest BCUT2D eigenvalue weighted by molar-refractivity contribution is 0.196. The fraction of sp³-hybridized carbons (Fsp3) is 1.00. The van der Waals surface area contributed by atoms with Gasteiger partial charge in [0.1, 0.15) is 0 Å². The lowest BCUT2D eigenvalue weighted by Crippen LogP contribution is -2.46. The second-order valence-corrected chi connectivity index (χ2v) is 9.50. The van der Waals surface area contributed by atoms with E-state index >= 15 is 0 Å². The maximum Gasteiger partial charge on any atom is 0.0110 e. The monoisotopic (exact) mass is 367 g/mol. The normalized spacial score (nSPS) is 23.0. The molecule has 2 saturated heterocycles. The summed E-state index contributed by atoms with van der Waals surface area (Å²) in [5.74, 6) is 3.89. The van der Waals surface area contributed by atoms with Gasteiger partial charge in [-0.2, -0.15) is 0 Å². The molecule has 0 radical (unpaired) electrons. The third-order valence-corrected chi connectivity index (χ3v) is 6.55. The Morgan fingerprint density at radius 1 is 0.615 bits per heavy atom. The van der Waals surface area contributed by atoms with Gasteiger partial charge in [-0.3, -0.25) is 4.90 Å². The summed E-state index contributed by atoms with van der Waals surface area (Å²) in [4.78, 5) is 2.50. The highest BCUT2D eigenvalue weighted by atomic mass is 15.2. The van der Waals surface area contributed by atoms with Crippen LogP contribution in [0.1, 0.15) is 80.1 Å². The molecule has 3 rings (SSSR count). The second-order valence-electron chi connectivity index (χ2n) is 9.50. The standard InChI is InChI=1S/C8H17N.C8H16.C7H16N2/c1-7(2)8-3-5-9-6-4-8;1-7(2)8-5-3-4-6-8;1-7(2)9-5-3-8-4-6-9/h7-9H,3-6H2,1-2H3;7-8H,3-6H2,1-2H3;7-8H,3-6H2,1-2H3. The van der Waals surface area contributed by atoms with Crippen molar-refractivity contribution in [3.05, 3.63) is 0 Å². The Bertz CT molecular complexity index is 287. The van der Waals surface area contributed by atoms with Gasteiger partial charge in [0.25, 0.3) is 0 Å². The van der Waals surface area contributed by atoms with E-state index in [-0.39, 0.29) is 0 Å². The van der Waals surface area contributed by atoms with E-state index in [1.54, 1.807) is 0 Å². The van der Waals surface area contributed by atoms with Crippen LogP contribution in [-0.4, -0.2) is 50.2 Å². The maximum absolute atomic E-state index is 3.37. The highest BCUT2D eigenvalue weighted by Crippen LogP contribution is 2.30. The smallest absolute Gasteiger partial charge is 0.0110 e. The molecule has 1 aliphatic carbocycles. The van der Waals surface area contributed by atoms with E-state index in [4.69, 9.17) is 0 Å². The molecule has 2 heterocycles. The fourth-order valence-corrected chi connectivity index (χ4v) is 4.33. The van der Waals surface area contributed by atoms with Crippen LogP contribution in [0.2, 0.25) is 0 Å². The van der Waals surface area contributed by atoms with Crippen molar-refractivity contribution in [2.75, 3.05) is 39.3 Å². The van der Waals surface area contributed by atoms with Crippen molar-refractivity contribution in [2.24, 2.45) is 23.7 Å². The van der Waals surface area contributed by atoms with E-state index in [0.29, 0.717) is 0 Å². The minimum Gasteiger partial charge on any atom is -0.317 e. The Morgan fingerprint density at radius 3 is 1.35 bits per heavy atom. The van der Waals surface area contributed by atoms with Crippen LogP contribution in [0.25, 0.3) is 0 Å². The van der Waals surface area contributed by atoms with Gasteiger partial charge < -0.3 is 10.6 Å². The fourth-order valence-electron chi connectivity index (χ4n) is 4.33. The first-order valence-corrected chi connectivity index (χ1v) is 11.6. The average Bonchev–Trinajstić information content (AvgIpc) is 3.19. The van der Waals surface area contributed by atoms with Gasteiger partial charge in [0.2, 0.25) is 0 Å². The van der Waals surface area contributed by atoms with Gasteiger partial charge in [0.05, 0.1) is 0 Å². The zero-order valence-corrected chi connectivity index (χ0v) is 18.8. The minimum absolute atomic E-state index is 0.729. The van der Waals surface area contributed by atoms with Crippen LogP contribution in [0.3, 0.4) is 0 Å². The highest BCUT2D eigenvalue weighted by molar-refractivity contribution is 4.71. The molecular formula is C23H49N3. The summed E-state index contributed by atoms with van der Waals surface area (Å²) < 4.78 is 0. The molecule has 0 amide bonds. The number of nitrogens with one attached hydrogen (secondary N) is 2. The van der Waals surface area contributed by atoms with Crippen LogP contribution < -0.4 is 10.6 Å². The molecular weight excluding hydrogens is 318 g/mol. The minimum atomic E-state index is 0.729. The quantitative estimate of drug-likeness (QED) is 0.752. The second kappa shape index (κ2) is 14.0. The molecule has 3 aliphatic rings. The predicted octanol–water partition coefficient (Wildman–Crippen LogP) is 4.77. The summed E-state index contributed by atoms with van der Waals surface area (Å²) in [5, 5.41) is 6.70. The zero-order chi connectivity index (χ0) is 19.4. The SMILES string of the molecule is CC(C)C1CCCC1.CC(C)C1CCNCC1.CC(C)N1CCNCC1. The molecule has 0 aromatic carbocycles. The number of piperidine rings is 1. The molecule has 3 fully saturated rings. The summed E-state index contributed by atoms with van der Waals surface area (Å²) in [5.41, 5.74) is 0. The van der Waals surface area contributed by atoms with Crippen molar-refractivity contribution in [1.29, 1.82) is 0 Å². The van der Waals surface area contributed by atoms with Gasteiger partial charge in [0.15, 0.2) is 0 Å². The highest BCUT2D eigenvalue weighted by Gasteiger charge is 2.17. The molecule has 3 nitrogen and oxygen atoms in total. The van der Waals surface area contributed by atoms with Gasteiger partial charge in [-0.15, -0.1) is 0 Å². The number of rotatable bonds is 3. The summed E-state index contributed by atoms with van der Waals surface area (Å²) in [6, 6.07) is 0.729. The van der Waals surface area contributed by atoms with Crippen LogP contribution in [0, 0.1) is 23.7 Å². The Hall–Kier alpha value is -0.120. The van der Waals surface area contributed by atoms with Crippen molar-refractivity contribution >= 4 is 0 Å². The van der Waals surface area contributed by atoms with Crippen LogP contribution in [-0.2, 0) is 0 Å². The van der Waals surface area contributed by atoms with Crippen LogP contribution in [0.4, 0.5) is 0 Å². The average molecular weight is 368 g/mol. The summed E-state index contributed by atoms with van der Waals surface area (Å²) >= 11 is 0. The topological polar surface area (TPSA) is 27.3 Å². The van der Waals surface area contributed by atoms with E-state index in [0.717, 1.165) is 42.8 Å². The number of hydrogen-bond acceptors (Lipinski definition) is 3. The molecule has 156 valence electrons. The Kier molecular flexibility index (Phi) is 12.8. The van der Waals surface area contributed by atoms with Crippen molar-refractivity contribution in [2.45, 2.75) is 86.1 Å². The largest absolute Gasteiger partial charge is 0.317 e. The van der Waals surface area contributed by atoms with Crippen LogP contribution in [0.5, 0.6) is 0 Å². The molecule has 0 bridgehead atoms. The van der Waals surface area contributed by atoms with E-state index in [9.17, 15) is 0 Å². The van der Waals surface area contributed by atoms with Crippen LogP contribution >= 0.6 is 0 Å². The number of piperazine rings is 1. The lowest BCUT2D eigenvalue weighted by Gasteiger charge is -2.30. The van der Waals surface area contributed by atoms with E-state index in [1.165, 1.54) is 64.7 Å². The summed E-state index contributed by atoms with van der Waals surface area (Å²) in [6.07, 6.45) is 8.75. The predicted molar refractivity (Wildman–Crippen MR) is 117 cm³/mol. The molecule has 2 aliphatic heterocycles. The third-order valence-electron chi connectivity index (χ3n) is 6.55. The van der Waals surface area contributed by atoms with Crippen molar-refractivity contribution in [1.82, 2.24) is 15.5 Å². The lowest BCUT2D eigenvalue weighted by atomic mass is 9.87. The first-order valence-electron chi connectivity index (χ1n) is 11.6. The third kappa shape index (κ3) is 10.3. The van der Waals surface area contributed by atoms with Crippen molar-refractivity contribution in [3.63, 3.8) is 0 Å². The molecule has 26 heavy (non-hydrogen) atoms. The molecule has 0 spiro atoms. The molecule has 2 N–H and O–H groups in total. The van der Waals surface area contributed by atoms with Crippen molar-refractivity contribution in [3.8, 4) is 0 Å². The number of hydrogen-bond donors (Lipinski definition) is 2. The van der Waals surface area contributed by atoms with Gasteiger partial charge in [-0.05, 0) is 63.5 Å². The van der Waals surface area contributed by atoms with Gasteiger partial charge in [0, 0.05) is 32.2 Å². The van der Waals surface area contributed by atoms with Crippen LogP contribution in [0.15, 0.2) is 0 Å². The first-order chi connectivity index (χ1) is 12.4. The Morgan fingerprint density at radius 2 is 1.04 bits per heavy atom. The van der Waals surface area contributed by atoms with Gasteiger partial charge in [-0.25, -0.2) is 0 Å². The molecule has 3 heteroatoms. The molecule has 0 aromatic heterocycles. The Labute approximate surface area is 165 Å². The first kappa shape index (κ1) is 23.9. The summed E-state index contributed by atoms with van der Waals surface area (Å²) in [6.45, 7) is 21.1. The molecule has 0 aromatic rings. The molecule has 1 saturated carbocycles. The van der Waals surface area contributed by atoms with E-state index in [1.807, 2.05) is 0 Å². The van der Waals surface area contributed by atoms with Gasteiger partial charge >= 0.3 is 0 Å².